The number of hydrogen-bond acceptors (Lipinski definition) is 4. The van der Waals surface area contributed by atoms with Gasteiger partial charge in [-0.05, 0) is 31.6 Å². The van der Waals surface area contributed by atoms with Crippen LogP contribution in [0.2, 0.25) is 0 Å². The molecule has 0 bridgehead atoms. The van der Waals surface area contributed by atoms with Gasteiger partial charge in [0, 0.05) is 19.5 Å². The maximum atomic E-state index is 11.6. The Bertz CT molecular complexity index is 312. The van der Waals surface area contributed by atoms with E-state index in [2.05, 4.69) is 17.6 Å². The zero-order valence-corrected chi connectivity index (χ0v) is 12.9. The van der Waals surface area contributed by atoms with Crippen LogP contribution in [0, 0.1) is 5.92 Å². The fraction of sp³-hybridized carbons (Fsp3) is 0.867. The monoisotopic (exact) mass is 284 g/mol. The van der Waals surface area contributed by atoms with Crippen LogP contribution in [-0.2, 0) is 14.3 Å². The fourth-order valence-electron chi connectivity index (χ4n) is 2.93. The summed E-state index contributed by atoms with van der Waals surface area (Å²) >= 11 is 0. The maximum absolute atomic E-state index is 11.6. The summed E-state index contributed by atoms with van der Waals surface area (Å²) < 4.78 is 4.71. The molecule has 0 heterocycles. The van der Waals surface area contributed by atoms with Gasteiger partial charge in [-0.25, -0.2) is 4.79 Å². The standard InChI is InChI=1S/C15H28N2O3/c1-4-5-12-6-8-13(9-7-12)16-10-14(15(19)20-3)17-11(2)18/h12-14,16H,4-10H2,1-3H3,(H,17,18). The molecule has 116 valence electrons. The molecule has 1 aliphatic rings. The van der Waals surface area contributed by atoms with Crippen molar-refractivity contribution in [2.24, 2.45) is 5.92 Å². The Kier molecular flexibility index (Phi) is 7.59. The summed E-state index contributed by atoms with van der Waals surface area (Å²) in [6, 6.07) is -0.144. The molecule has 0 aromatic rings. The second kappa shape index (κ2) is 8.95. The summed E-state index contributed by atoms with van der Waals surface area (Å²) in [6.45, 7) is 4.08. The Morgan fingerprint density at radius 3 is 2.40 bits per heavy atom. The zero-order chi connectivity index (χ0) is 15.0. The first-order chi connectivity index (χ1) is 9.56. The Morgan fingerprint density at radius 2 is 1.90 bits per heavy atom. The van der Waals surface area contributed by atoms with E-state index in [9.17, 15) is 9.59 Å². The maximum Gasteiger partial charge on any atom is 0.329 e. The minimum absolute atomic E-state index is 0.214. The first kappa shape index (κ1) is 17.0. The van der Waals surface area contributed by atoms with E-state index >= 15 is 0 Å². The van der Waals surface area contributed by atoms with Crippen LogP contribution in [0.4, 0.5) is 0 Å². The third-order valence-electron chi connectivity index (χ3n) is 4.02. The molecule has 1 unspecified atom stereocenters. The minimum atomic E-state index is -0.592. The quantitative estimate of drug-likeness (QED) is 0.697. The van der Waals surface area contributed by atoms with Crippen LogP contribution in [0.5, 0.6) is 0 Å². The normalized spacial score (nSPS) is 23.9. The first-order valence-electron chi connectivity index (χ1n) is 7.65. The van der Waals surface area contributed by atoms with Crippen molar-refractivity contribution in [3.8, 4) is 0 Å². The molecule has 5 heteroatoms. The molecule has 0 saturated heterocycles. The predicted octanol–water partition coefficient (Wildman–Crippen LogP) is 1.61. The highest BCUT2D eigenvalue weighted by Gasteiger charge is 2.24. The van der Waals surface area contributed by atoms with Crippen LogP contribution in [0.25, 0.3) is 0 Å². The summed E-state index contributed by atoms with van der Waals surface area (Å²) in [5, 5.41) is 6.01. The molecule has 1 aliphatic carbocycles. The summed E-state index contributed by atoms with van der Waals surface area (Å²) in [7, 11) is 1.34. The largest absolute Gasteiger partial charge is 0.467 e. The van der Waals surface area contributed by atoms with Gasteiger partial charge in [0.2, 0.25) is 5.91 Å². The molecular weight excluding hydrogens is 256 g/mol. The SMILES string of the molecule is CCCC1CCC(NCC(NC(C)=O)C(=O)OC)CC1. The fourth-order valence-corrected chi connectivity index (χ4v) is 2.93. The van der Waals surface area contributed by atoms with Crippen molar-refractivity contribution in [3.05, 3.63) is 0 Å². The van der Waals surface area contributed by atoms with Crippen LogP contribution < -0.4 is 10.6 Å². The minimum Gasteiger partial charge on any atom is -0.467 e. The Morgan fingerprint density at radius 1 is 1.25 bits per heavy atom. The lowest BCUT2D eigenvalue weighted by Crippen LogP contribution is -2.49. The van der Waals surface area contributed by atoms with E-state index in [1.165, 1.54) is 39.7 Å². The number of ether oxygens (including phenoxy) is 1. The van der Waals surface area contributed by atoms with Crippen molar-refractivity contribution in [2.75, 3.05) is 13.7 Å². The molecule has 0 aromatic carbocycles. The number of hydrogen-bond donors (Lipinski definition) is 2. The summed E-state index contributed by atoms with van der Waals surface area (Å²) in [6.07, 6.45) is 7.40. The highest BCUT2D eigenvalue weighted by Crippen LogP contribution is 2.27. The number of methoxy groups -OCH3 is 1. The number of carbonyl (C=O) groups excluding carboxylic acids is 2. The van der Waals surface area contributed by atoms with E-state index in [0.29, 0.717) is 12.6 Å². The molecule has 1 atom stereocenters. The predicted molar refractivity (Wildman–Crippen MR) is 78.3 cm³/mol. The molecule has 5 nitrogen and oxygen atoms in total. The van der Waals surface area contributed by atoms with Gasteiger partial charge in [-0.15, -0.1) is 0 Å². The molecule has 1 rings (SSSR count). The van der Waals surface area contributed by atoms with Crippen LogP contribution in [0.3, 0.4) is 0 Å². The van der Waals surface area contributed by atoms with Gasteiger partial charge in [-0.3, -0.25) is 4.79 Å². The number of esters is 1. The van der Waals surface area contributed by atoms with Gasteiger partial charge in [0.25, 0.3) is 0 Å². The molecule has 2 N–H and O–H groups in total. The Balaban J connectivity index is 2.33. The highest BCUT2D eigenvalue weighted by molar-refractivity contribution is 5.83. The average molecular weight is 284 g/mol. The molecule has 1 fully saturated rings. The summed E-state index contributed by atoms with van der Waals surface area (Å²) in [5.41, 5.74) is 0. The van der Waals surface area contributed by atoms with E-state index in [-0.39, 0.29) is 5.91 Å². The number of carbonyl (C=O) groups is 2. The molecule has 20 heavy (non-hydrogen) atoms. The van der Waals surface area contributed by atoms with Crippen molar-refractivity contribution in [2.45, 2.75) is 64.5 Å². The van der Waals surface area contributed by atoms with Gasteiger partial charge in [0.1, 0.15) is 6.04 Å². The molecule has 0 spiro atoms. The van der Waals surface area contributed by atoms with E-state index in [0.717, 1.165) is 18.8 Å². The lowest BCUT2D eigenvalue weighted by Gasteiger charge is -2.30. The molecule has 1 saturated carbocycles. The van der Waals surface area contributed by atoms with Crippen molar-refractivity contribution >= 4 is 11.9 Å². The van der Waals surface area contributed by atoms with E-state index in [1.54, 1.807) is 0 Å². The first-order valence-corrected chi connectivity index (χ1v) is 7.65. The van der Waals surface area contributed by atoms with Crippen molar-refractivity contribution in [1.29, 1.82) is 0 Å². The van der Waals surface area contributed by atoms with Crippen LogP contribution in [0.1, 0.15) is 52.4 Å². The van der Waals surface area contributed by atoms with E-state index in [1.807, 2.05) is 0 Å². The van der Waals surface area contributed by atoms with Crippen molar-refractivity contribution in [3.63, 3.8) is 0 Å². The van der Waals surface area contributed by atoms with Gasteiger partial charge < -0.3 is 15.4 Å². The van der Waals surface area contributed by atoms with Crippen LogP contribution in [-0.4, -0.2) is 37.6 Å². The summed E-state index contributed by atoms with van der Waals surface area (Å²) in [5.74, 6) is 0.256. The van der Waals surface area contributed by atoms with Crippen LogP contribution >= 0.6 is 0 Å². The molecule has 1 amide bonds. The summed E-state index contributed by atoms with van der Waals surface area (Å²) in [4.78, 5) is 22.7. The van der Waals surface area contributed by atoms with Crippen molar-refractivity contribution < 1.29 is 14.3 Å². The number of nitrogens with one attached hydrogen (secondary N) is 2. The highest BCUT2D eigenvalue weighted by atomic mass is 16.5. The second-order valence-corrected chi connectivity index (χ2v) is 5.69. The Hall–Kier alpha value is -1.10. The zero-order valence-electron chi connectivity index (χ0n) is 12.9. The van der Waals surface area contributed by atoms with Gasteiger partial charge in [0.05, 0.1) is 7.11 Å². The molecular formula is C15H28N2O3. The van der Waals surface area contributed by atoms with Gasteiger partial charge >= 0.3 is 5.97 Å². The molecule has 0 radical (unpaired) electrons. The van der Waals surface area contributed by atoms with Gasteiger partial charge in [-0.1, -0.05) is 19.8 Å². The number of amides is 1. The van der Waals surface area contributed by atoms with Crippen LogP contribution in [0.15, 0.2) is 0 Å². The van der Waals surface area contributed by atoms with Gasteiger partial charge in [0.15, 0.2) is 0 Å². The van der Waals surface area contributed by atoms with Gasteiger partial charge in [-0.2, -0.15) is 0 Å². The lowest BCUT2D eigenvalue weighted by atomic mass is 9.83. The lowest BCUT2D eigenvalue weighted by molar-refractivity contribution is -0.144. The van der Waals surface area contributed by atoms with E-state index < -0.39 is 12.0 Å². The Labute approximate surface area is 121 Å². The third-order valence-corrected chi connectivity index (χ3v) is 4.02. The van der Waals surface area contributed by atoms with E-state index in [4.69, 9.17) is 4.74 Å². The third kappa shape index (κ3) is 5.90. The molecule has 0 aliphatic heterocycles. The topological polar surface area (TPSA) is 67.4 Å². The number of rotatable bonds is 7. The smallest absolute Gasteiger partial charge is 0.329 e. The van der Waals surface area contributed by atoms with Crippen molar-refractivity contribution in [1.82, 2.24) is 10.6 Å². The molecule has 0 aromatic heterocycles. The second-order valence-electron chi connectivity index (χ2n) is 5.69. The average Bonchev–Trinajstić information content (AvgIpc) is 2.44.